The van der Waals surface area contributed by atoms with Crippen molar-refractivity contribution in [2.75, 3.05) is 0 Å². The Hall–Kier alpha value is -2.66. The van der Waals surface area contributed by atoms with Crippen LogP contribution in [0.4, 0.5) is 0 Å². The van der Waals surface area contributed by atoms with Crippen molar-refractivity contribution < 1.29 is 5.11 Å². The van der Waals surface area contributed by atoms with Crippen molar-refractivity contribution in [3.63, 3.8) is 0 Å². The molecule has 5 nitrogen and oxygen atoms in total. The van der Waals surface area contributed by atoms with E-state index in [0.29, 0.717) is 13.1 Å². The second-order valence-electron chi connectivity index (χ2n) is 6.19. The standard InChI is InChI=1S/C19H20N4O/c1-13-20-14(2)23(21-13)12-15(24)11-22-18-9-5-3-7-16(18)17-8-4-6-10-19(17)22/h3-10,15,24H,11-12H2,1-2H3/t15-/m1/s1. The minimum absolute atomic E-state index is 0.438. The first kappa shape index (κ1) is 14.9. The van der Waals surface area contributed by atoms with Gasteiger partial charge in [0, 0.05) is 21.8 Å². The highest BCUT2D eigenvalue weighted by molar-refractivity contribution is 6.07. The molecule has 0 aliphatic heterocycles. The Morgan fingerprint density at radius 1 is 0.917 bits per heavy atom. The van der Waals surface area contributed by atoms with Crippen LogP contribution in [0.2, 0.25) is 0 Å². The first-order valence-electron chi connectivity index (χ1n) is 8.15. The minimum atomic E-state index is -0.538. The Morgan fingerprint density at radius 2 is 1.50 bits per heavy atom. The van der Waals surface area contributed by atoms with Gasteiger partial charge in [0.1, 0.15) is 11.6 Å². The number of aliphatic hydroxyl groups excluding tert-OH is 1. The number of hydrogen-bond acceptors (Lipinski definition) is 3. The van der Waals surface area contributed by atoms with E-state index < -0.39 is 6.10 Å². The average Bonchev–Trinajstić information content (AvgIpc) is 3.06. The molecule has 24 heavy (non-hydrogen) atoms. The topological polar surface area (TPSA) is 55.9 Å². The molecule has 2 aromatic carbocycles. The van der Waals surface area contributed by atoms with Gasteiger partial charge in [-0.1, -0.05) is 36.4 Å². The molecule has 2 aromatic heterocycles. The highest BCUT2D eigenvalue weighted by atomic mass is 16.3. The Morgan fingerprint density at radius 3 is 2.04 bits per heavy atom. The SMILES string of the molecule is Cc1nc(C)n(C[C@H](O)Cn2c3ccccc3c3ccccc32)n1. The zero-order chi connectivity index (χ0) is 16.7. The first-order chi connectivity index (χ1) is 11.6. The second kappa shape index (κ2) is 5.76. The van der Waals surface area contributed by atoms with Gasteiger partial charge in [-0.15, -0.1) is 0 Å². The number of aryl methyl sites for hydroxylation is 2. The van der Waals surface area contributed by atoms with E-state index in [0.717, 1.165) is 22.7 Å². The van der Waals surface area contributed by atoms with Crippen LogP contribution in [-0.4, -0.2) is 30.5 Å². The third-order valence-corrected chi connectivity index (χ3v) is 4.42. The minimum Gasteiger partial charge on any atom is -0.389 e. The molecule has 0 saturated heterocycles. The summed E-state index contributed by atoms with van der Waals surface area (Å²) in [5.41, 5.74) is 2.29. The van der Waals surface area contributed by atoms with Crippen molar-refractivity contribution in [2.24, 2.45) is 0 Å². The fourth-order valence-corrected chi connectivity index (χ4v) is 3.40. The average molecular weight is 320 g/mol. The van der Waals surface area contributed by atoms with Crippen LogP contribution in [0.25, 0.3) is 21.8 Å². The molecule has 0 amide bonds. The second-order valence-corrected chi connectivity index (χ2v) is 6.19. The van der Waals surface area contributed by atoms with Crippen LogP contribution in [0, 0.1) is 13.8 Å². The molecule has 1 atom stereocenters. The predicted molar refractivity (Wildman–Crippen MR) is 94.9 cm³/mol. The number of aromatic nitrogens is 4. The lowest BCUT2D eigenvalue weighted by Gasteiger charge is -2.14. The predicted octanol–water partition coefficient (Wildman–Crippen LogP) is 3.06. The van der Waals surface area contributed by atoms with Crippen LogP contribution in [0.3, 0.4) is 0 Å². The van der Waals surface area contributed by atoms with Gasteiger partial charge in [0.25, 0.3) is 0 Å². The molecular formula is C19H20N4O. The number of nitrogens with zero attached hydrogens (tertiary/aromatic N) is 4. The lowest BCUT2D eigenvalue weighted by Crippen LogP contribution is -2.23. The van der Waals surface area contributed by atoms with Gasteiger partial charge in [-0.05, 0) is 26.0 Å². The first-order valence-corrected chi connectivity index (χ1v) is 8.15. The third-order valence-electron chi connectivity index (χ3n) is 4.42. The summed E-state index contributed by atoms with van der Waals surface area (Å²) in [5, 5.41) is 17.4. The normalized spacial score (nSPS) is 13.0. The van der Waals surface area contributed by atoms with Crippen LogP contribution in [0.5, 0.6) is 0 Å². The Kier molecular flexibility index (Phi) is 3.58. The lowest BCUT2D eigenvalue weighted by atomic mass is 10.2. The number of para-hydroxylation sites is 2. The van der Waals surface area contributed by atoms with Crippen molar-refractivity contribution in [2.45, 2.75) is 33.0 Å². The number of fused-ring (bicyclic) bond motifs is 3. The van der Waals surface area contributed by atoms with Crippen LogP contribution in [-0.2, 0) is 13.1 Å². The molecule has 0 spiro atoms. The zero-order valence-corrected chi connectivity index (χ0v) is 13.8. The van der Waals surface area contributed by atoms with Crippen molar-refractivity contribution in [3.8, 4) is 0 Å². The van der Waals surface area contributed by atoms with Gasteiger partial charge in [-0.25, -0.2) is 9.67 Å². The van der Waals surface area contributed by atoms with E-state index in [1.807, 2.05) is 26.0 Å². The molecule has 0 fully saturated rings. The lowest BCUT2D eigenvalue weighted by molar-refractivity contribution is 0.131. The molecule has 4 rings (SSSR count). The van der Waals surface area contributed by atoms with E-state index in [2.05, 4.69) is 51.0 Å². The summed E-state index contributed by atoms with van der Waals surface area (Å²) in [6.07, 6.45) is -0.538. The van der Waals surface area contributed by atoms with E-state index in [-0.39, 0.29) is 0 Å². The molecule has 1 N–H and O–H groups in total. The number of aliphatic hydroxyl groups is 1. The largest absolute Gasteiger partial charge is 0.389 e. The molecule has 4 aromatic rings. The molecule has 5 heteroatoms. The van der Waals surface area contributed by atoms with E-state index in [9.17, 15) is 5.11 Å². The molecule has 122 valence electrons. The van der Waals surface area contributed by atoms with Crippen molar-refractivity contribution in [1.82, 2.24) is 19.3 Å². The van der Waals surface area contributed by atoms with Crippen LogP contribution < -0.4 is 0 Å². The number of rotatable bonds is 4. The van der Waals surface area contributed by atoms with Crippen molar-refractivity contribution in [1.29, 1.82) is 0 Å². The van der Waals surface area contributed by atoms with E-state index in [4.69, 9.17) is 0 Å². The fraction of sp³-hybridized carbons (Fsp3) is 0.263. The molecule has 0 radical (unpaired) electrons. The summed E-state index contributed by atoms with van der Waals surface area (Å²) in [5.74, 6) is 1.56. The van der Waals surface area contributed by atoms with E-state index >= 15 is 0 Å². The molecule has 0 unspecified atom stereocenters. The summed E-state index contributed by atoms with van der Waals surface area (Å²) in [6.45, 7) is 4.73. The maximum Gasteiger partial charge on any atom is 0.147 e. The van der Waals surface area contributed by atoms with Crippen LogP contribution >= 0.6 is 0 Å². The quantitative estimate of drug-likeness (QED) is 0.629. The molecule has 2 heterocycles. The summed E-state index contributed by atoms with van der Waals surface area (Å²) in [4.78, 5) is 4.29. The van der Waals surface area contributed by atoms with Gasteiger partial charge in [0.15, 0.2) is 0 Å². The molecule has 0 aliphatic rings. The molecular weight excluding hydrogens is 300 g/mol. The number of hydrogen-bond donors (Lipinski definition) is 1. The van der Waals surface area contributed by atoms with Crippen LogP contribution in [0.15, 0.2) is 48.5 Å². The van der Waals surface area contributed by atoms with Gasteiger partial charge < -0.3 is 9.67 Å². The molecule has 0 bridgehead atoms. The molecule has 0 saturated carbocycles. The highest BCUT2D eigenvalue weighted by Gasteiger charge is 2.15. The summed E-state index contributed by atoms with van der Waals surface area (Å²) < 4.78 is 3.96. The Labute approximate surface area is 140 Å². The van der Waals surface area contributed by atoms with Gasteiger partial charge in [0.2, 0.25) is 0 Å². The molecule has 0 aliphatic carbocycles. The Bertz CT molecular complexity index is 961. The van der Waals surface area contributed by atoms with Crippen LogP contribution in [0.1, 0.15) is 11.6 Å². The summed E-state index contributed by atoms with van der Waals surface area (Å²) in [7, 11) is 0. The highest BCUT2D eigenvalue weighted by Crippen LogP contribution is 2.28. The number of benzene rings is 2. The fourth-order valence-electron chi connectivity index (χ4n) is 3.40. The maximum atomic E-state index is 10.6. The Balaban J connectivity index is 1.71. The van der Waals surface area contributed by atoms with Crippen molar-refractivity contribution >= 4 is 21.8 Å². The van der Waals surface area contributed by atoms with Crippen molar-refractivity contribution in [3.05, 3.63) is 60.2 Å². The van der Waals surface area contributed by atoms with Gasteiger partial charge in [0.05, 0.1) is 19.2 Å². The zero-order valence-electron chi connectivity index (χ0n) is 13.8. The summed E-state index contributed by atoms with van der Waals surface area (Å²) >= 11 is 0. The smallest absolute Gasteiger partial charge is 0.147 e. The monoisotopic (exact) mass is 320 g/mol. The summed E-state index contributed by atoms with van der Waals surface area (Å²) in [6, 6.07) is 16.6. The third kappa shape index (κ3) is 2.47. The van der Waals surface area contributed by atoms with Gasteiger partial charge >= 0.3 is 0 Å². The van der Waals surface area contributed by atoms with Gasteiger partial charge in [-0.3, -0.25) is 0 Å². The van der Waals surface area contributed by atoms with E-state index in [1.165, 1.54) is 10.8 Å². The maximum absolute atomic E-state index is 10.6. The van der Waals surface area contributed by atoms with E-state index in [1.54, 1.807) is 4.68 Å². The van der Waals surface area contributed by atoms with Gasteiger partial charge in [-0.2, -0.15) is 5.10 Å².